The number of halogens is 1. The first-order valence-corrected chi connectivity index (χ1v) is 8.94. The van der Waals surface area contributed by atoms with Crippen molar-refractivity contribution in [3.8, 4) is 23.0 Å². The van der Waals surface area contributed by atoms with Crippen molar-refractivity contribution < 1.29 is 4.52 Å². The third-order valence-corrected chi connectivity index (χ3v) is 4.77. The second-order valence-electron chi connectivity index (χ2n) is 5.27. The van der Waals surface area contributed by atoms with Gasteiger partial charge in [0, 0.05) is 23.8 Å². The van der Waals surface area contributed by atoms with Crippen LogP contribution >= 0.6 is 23.4 Å². The molecule has 4 rings (SSSR count). The normalized spacial score (nSPS) is 11.0. The van der Waals surface area contributed by atoms with Gasteiger partial charge in [0.2, 0.25) is 0 Å². The highest BCUT2D eigenvalue weighted by molar-refractivity contribution is 7.98. The number of aromatic nitrogens is 7. The van der Waals surface area contributed by atoms with Gasteiger partial charge in [0.25, 0.3) is 5.89 Å². The highest BCUT2D eigenvalue weighted by Crippen LogP contribution is 2.25. The van der Waals surface area contributed by atoms with Crippen molar-refractivity contribution in [1.29, 1.82) is 0 Å². The molecule has 0 aliphatic heterocycles. The second kappa shape index (κ2) is 7.22. The van der Waals surface area contributed by atoms with Gasteiger partial charge in [0.05, 0.1) is 5.75 Å². The summed E-state index contributed by atoms with van der Waals surface area (Å²) < 4.78 is 7.17. The molecule has 4 aromatic rings. The van der Waals surface area contributed by atoms with E-state index in [1.54, 1.807) is 24.4 Å². The Kier molecular flexibility index (Phi) is 4.63. The van der Waals surface area contributed by atoms with E-state index in [2.05, 4.69) is 30.3 Å². The van der Waals surface area contributed by atoms with Crippen molar-refractivity contribution in [2.75, 3.05) is 0 Å². The van der Waals surface area contributed by atoms with E-state index < -0.39 is 0 Å². The fraction of sp³-hybridized carbons (Fsp3) is 0.125. The smallest absolute Gasteiger partial charge is 0.258 e. The molecule has 26 heavy (non-hydrogen) atoms. The molecule has 10 heteroatoms. The van der Waals surface area contributed by atoms with Crippen LogP contribution in [0.1, 0.15) is 5.82 Å². The zero-order chi connectivity index (χ0) is 17.9. The molecule has 0 radical (unpaired) electrons. The molecule has 0 aliphatic carbocycles. The lowest BCUT2D eigenvalue weighted by Gasteiger charge is -2.01. The van der Waals surface area contributed by atoms with Gasteiger partial charge in [-0.2, -0.15) is 4.98 Å². The van der Waals surface area contributed by atoms with Crippen LogP contribution in [0.2, 0.25) is 5.02 Å². The largest absolute Gasteiger partial charge is 0.334 e. The molecular weight excluding hydrogens is 374 g/mol. The topological polar surface area (TPSA) is 95.4 Å². The SMILES string of the molecule is Cn1c(SCc2noc(-c3cccc(Cl)c3)n2)nnc1-c1ccncn1. The number of benzene rings is 1. The summed E-state index contributed by atoms with van der Waals surface area (Å²) in [5.41, 5.74) is 1.50. The van der Waals surface area contributed by atoms with Crippen LogP contribution in [0.5, 0.6) is 0 Å². The number of nitrogens with zero attached hydrogens (tertiary/aromatic N) is 7. The molecule has 3 aromatic heterocycles. The van der Waals surface area contributed by atoms with E-state index in [9.17, 15) is 0 Å². The predicted octanol–water partition coefficient (Wildman–Crippen LogP) is 3.27. The lowest BCUT2D eigenvalue weighted by molar-refractivity contribution is 0.425. The van der Waals surface area contributed by atoms with Gasteiger partial charge in [-0.3, -0.25) is 0 Å². The molecule has 0 N–H and O–H groups in total. The Balaban J connectivity index is 1.48. The first-order valence-electron chi connectivity index (χ1n) is 7.58. The summed E-state index contributed by atoms with van der Waals surface area (Å²) in [5, 5.41) is 13.7. The maximum absolute atomic E-state index is 5.99. The lowest BCUT2D eigenvalue weighted by Crippen LogP contribution is -1.97. The summed E-state index contributed by atoms with van der Waals surface area (Å²) in [6.45, 7) is 0. The van der Waals surface area contributed by atoms with Gasteiger partial charge >= 0.3 is 0 Å². The molecule has 0 atom stereocenters. The number of thioether (sulfide) groups is 1. The molecule has 0 saturated heterocycles. The Morgan fingerprint density at radius 3 is 2.96 bits per heavy atom. The van der Waals surface area contributed by atoms with E-state index in [-0.39, 0.29) is 0 Å². The molecule has 130 valence electrons. The van der Waals surface area contributed by atoms with E-state index in [4.69, 9.17) is 16.1 Å². The third-order valence-electron chi connectivity index (χ3n) is 3.52. The number of hydrogen-bond acceptors (Lipinski definition) is 8. The average Bonchev–Trinajstić information content (AvgIpc) is 3.28. The predicted molar refractivity (Wildman–Crippen MR) is 96.3 cm³/mol. The van der Waals surface area contributed by atoms with E-state index in [1.807, 2.05) is 23.7 Å². The van der Waals surface area contributed by atoms with Crippen molar-refractivity contribution >= 4 is 23.4 Å². The molecule has 0 amide bonds. The highest BCUT2D eigenvalue weighted by atomic mass is 35.5. The van der Waals surface area contributed by atoms with Crippen LogP contribution in [-0.2, 0) is 12.8 Å². The quantitative estimate of drug-likeness (QED) is 0.483. The number of hydrogen-bond donors (Lipinski definition) is 0. The van der Waals surface area contributed by atoms with E-state index >= 15 is 0 Å². The molecule has 0 aliphatic rings. The fourth-order valence-electron chi connectivity index (χ4n) is 2.27. The molecule has 8 nitrogen and oxygen atoms in total. The van der Waals surface area contributed by atoms with Crippen LogP contribution in [0.3, 0.4) is 0 Å². The summed E-state index contributed by atoms with van der Waals surface area (Å²) >= 11 is 7.45. The van der Waals surface area contributed by atoms with Crippen LogP contribution in [-0.4, -0.2) is 34.9 Å². The van der Waals surface area contributed by atoms with E-state index in [0.717, 1.165) is 10.7 Å². The molecular formula is C16H12ClN7OS. The van der Waals surface area contributed by atoms with Crippen LogP contribution in [0, 0.1) is 0 Å². The van der Waals surface area contributed by atoms with Crippen LogP contribution in [0.15, 0.2) is 52.5 Å². The monoisotopic (exact) mass is 385 g/mol. The van der Waals surface area contributed by atoms with Gasteiger partial charge in [0.15, 0.2) is 16.8 Å². The Morgan fingerprint density at radius 1 is 1.23 bits per heavy atom. The molecule has 0 unspecified atom stereocenters. The summed E-state index contributed by atoms with van der Waals surface area (Å²) in [6.07, 6.45) is 3.15. The van der Waals surface area contributed by atoms with Crippen LogP contribution in [0.4, 0.5) is 0 Å². The minimum atomic E-state index is 0.433. The zero-order valence-electron chi connectivity index (χ0n) is 13.6. The summed E-state index contributed by atoms with van der Waals surface area (Å²) in [6, 6.07) is 9.07. The van der Waals surface area contributed by atoms with E-state index in [1.165, 1.54) is 18.1 Å². The fourth-order valence-corrected chi connectivity index (χ4v) is 3.21. The van der Waals surface area contributed by atoms with Gasteiger partial charge < -0.3 is 9.09 Å². The van der Waals surface area contributed by atoms with Crippen LogP contribution in [0.25, 0.3) is 23.0 Å². The Bertz CT molecular complexity index is 1030. The van der Waals surface area contributed by atoms with Crippen molar-refractivity contribution in [1.82, 2.24) is 34.9 Å². The summed E-state index contributed by atoms with van der Waals surface area (Å²) in [4.78, 5) is 12.5. The van der Waals surface area contributed by atoms with Crippen molar-refractivity contribution in [3.05, 3.63) is 53.7 Å². The van der Waals surface area contributed by atoms with Gasteiger partial charge in [-0.15, -0.1) is 10.2 Å². The van der Waals surface area contributed by atoms with Crippen molar-refractivity contribution in [2.45, 2.75) is 10.9 Å². The zero-order valence-corrected chi connectivity index (χ0v) is 15.1. The van der Waals surface area contributed by atoms with Crippen LogP contribution < -0.4 is 0 Å². The minimum absolute atomic E-state index is 0.433. The highest BCUT2D eigenvalue weighted by Gasteiger charge is 2.14. The Morgan fingerprint density at radius 2 is 2.15 bits per heavy atom. The lowest BCUT2D eigenvalue weighted by atomic mass is 10.2. The third kappa shape index (κ3) is 3.44. The first-order chi connectivity index (χ1) is 12.7. The van der Waals surface area contributed by atoms with Gasteiger partial charge in [0.1, 0.15) is 12.0 Å². The average molecular weight is 386 g/mol. The molecule has 1 aromatic carbocycles. The molecule has 0 saturated carbocycles. The molecule has 3 heterocycles. The van der Waals surface area contributed by atoms with Gasteiger partial charge in [-0.1, -0.05) is 34.6 Å². The maximum Gasteiger partial charge on any atom is 0.258 e. The van der Waals surface area contributed by atoms with Gasteiger partial charge in [-0.25, -0.2) is 9.97 Å². The minimum Gasteiger partial charge on any atom is -0.334 e. The standard InChI is InChI=1S/C16H12ClN7OS/c1-24-14(12-5-6-18-9-19-12)21-22-16(24)26-8-13-20-15(25-23-13)10-3-2-4-11(17)7-10/h2-7,9H,8H2,1H3. The molecule has 0 spiro atoms. The Hall–Kier alpha value is -2.78. The summed E-state index contributed by atoms with van der Waals surface area (Å²) in [7, 11) is 1.88. The van der Waals surface area contributed by atoms with Crippen molar-refractivity contribution in [2.24, 2.45) is 7.05 Å². The summed E-state index contributed by atoms with van der Waals surface area (Å²) in [5.74, 6) is 2.17. The van der Waals surface area contributed by atoms with Crippen molar-refractivity contribution in [3.63, 3.8) is 0 Å². The van der Waals surface area contributed by atoms with Gasteiger partial charge in [-0.05, 0) is 24.3 Å². The molecule has 0 bridgehead atoms. The molecule has 0 fully saturated rings. The maximum atomic E-state index is 5.99. The second-order valence-corrected chi connectivity index (χ2v) is 6.65. The Labute approximate surface area is 157 Å². The number of rotatable bonds is 5. The first kappa shape index (κ1) is 16.7. The van der Waals surface area contributed by atoms with E-state index in [0.29, 0.717) is 34.0 Å².